The highest BCUT2D eigenvalue weighted by molar-refractivity contribution is 7.01. The van der Waals surface area contributed by atoms with Gasteiger partial charge in [0.25, 0.3) is 0 Å². The van der Waals surface area contributed by atoms with Crippen molar-refractivity contribution >= 4 is 58.7 Å². The lowest BCUT2D eigenvalue weighted by molar-refractivity contribution is 0.463. The summed E-state index contributed by atoms with van der Waals surface area (Å²) in [5.41, 5.74) is 2.19. The molecule has 0 unspecified atom stereocenters. The standard InChI is InChI=1S/C42H37N5O2Si2/c1-50(2,32-14-9-12-30(26-32)48-40-16-5-7-22-43-40)34-18-20-36-37-21-19-35(29-39(37)47(38(36)28-34)42-45-24-11-25-46-42)51(3,4)33-15-10-13-31(27-33)49-41-17-6-8-23-44-41/h5-29H,1-4H3. The molecular formula is C42H37N5O2Si2. The molecular weight excluding hydrogens is 663 g/mol. The van der Waals surface area contributed by atoms with Crippen LogP contribution in [0.1, 0.15) is 0 Å². The Morgan fingerprint density at radius 1 is 0.431 bits per heavy atom. The van der Waals surface area contributed by atoms with Gasteiger partial charge in [0.2, 0.25) is 17.7 Å². The highest BCUT2D eigenvalue weighted by Gasteiger charge is 2.30. The van der Waals surface area contributed by atoms with Gasteiger partial charge in [-0.05, 0) is 54.6 Å². The maximum Gasteiger partial charge on any atom is 0.234 e. The molecule has 0 radical (unpaired) electrons. The zero-order chi connectivity index (χ0) is 35.0. The molecule has 250 valence electrons. The smallest absolute Gasteiger partial charge is 0.234 e. The summed E-state index contributed by atoms with van der Waals surface area (Å²) in [6.07, 6.45) is 7.11. The van der Waals surface area contributed by atoms with Gasteiger partial charge in [-0.3, -0.25) is 4.57 Å². The molecule has 8 rings (SSSR count). The van der Waals surface area contributed by atoms with Gasteiger partial charge >= 0.3 is 0 Å². The monoisotopic (exact) mass is 699 g/mol. The largest absolute Gasteiger partial charge is 0.439 e. The van der Waals surface area contributed by atoms with Crippen LogP contribution in [0.15, 0.2) is 152 Å². The third kappa shape index (κ3) is 6.22. The van der Waals surface area contributed by atoms with E-state index in [2.05, 4.69) is 114 Å². The fourth-order valence-corrected chi connectivity index (χ4v) is 11.4. The van der Waals surface area contributed by atoms with E-state index in [4.69, 9.17) is 19.4 Å². The van der Waals surface area contributed by atoms with E-state index in [0.717, 1.165) is 22.5 Å². The first-order valence-corrected chi connectivity index (χ1v) is 23.0. The number of ether oxygens (including phenoxy) is 2. The summed E-state index contributed by atoms with van der Waals surface area (Å²) in [5.74, 6) is 3.39. The quantitative estimate of drug-likeness (QED) is 0.145. The second-order valence-corrected chi connectivity index (χ2v) is 22.5. The number of aromatic nitrogens is 5. The molecule has 0 spiro atoms. The molecule has 4 heterocycles. The first-order chi connectivity index (χ1) is 24.8. The van der Waals surface area contributed by atoms with Gasteiger partial charge in [0.05, 0.1) is 11.0 Å². The number of hydrogen-bond donors (Lipinski definition) is 0. The molecule has 0 aliphatic heterocycles. The molecule has 9 heteroatoms. The summed E-state index contributed by atoms with van der Waals surface area (Å²) in [6.45, 7) is 9.55. The van der Waals surface area contributed by atoms with Crippen molar-refractivity contribution in [2.45, 2.75) is 26.2 Å². The van der Waals surface area contributed by atoms with Crippen LogP contribution < -0.4 is 30.2 Å². The number of fused-ring (bicyclic) bond motifs is 3. The summed E-state index contributed by atoms with van der Waals surface area (Å²) in [5, 5.41) is 7.52. The lowest BCUT2D eigenvalue weighted by Crippen LogP contribution is -2.52. The SMILES string of the molecule is C[Si](C)(c1cccc(Oc2ccccn2)c1)c1ccc2c3ccc([Si](C)(C)c4cccc(Oc5ccccn5)c4)cc3n(-c3ncccn3)c2c1. The molecule has 4 aromatic heterocycles. The Hall–Kier alpha value is -5.91. The van der Waals surface area contributed by atoms with Crippen LogP contribution in [0.25, 0.3) is 27.8 Å². The van der Waals surface area contributed by atoms with Crippen LogP contribution in [0.2, 0.25) is 26.2 Å². The Morgan fingerprint density at radius 2 is 0.882 bits per heavy atom. The van der Waals surface area contributed by atoms with E-state index < -0.39 is 16.1 Å². The topological polar surface area (TPSA) is 75.0 Å². The van der Waals surface area contributed by atoms with E-state index in [0.29, 0.717) is 17.7 Å². The van der Waals surface area contributed by atoms with Crippen LogP contribution in [-0.4, -0.2) is 40.7 Å². The maximum absolute atomic E-state index is 6.12. The maximum atomic E-state index is 6.12. The molecule has 0 amide bonds. The lowest BCUT2D eigenvalue weighted by Gasteiger charge is -2.24. The molecule has 4 aromatic carbocycles. The predicted molar refractivity (Wildman–Crippen MR) is 211 cm³/mol. The van der Waals surface area contributed by atoms with Crippen LogP contribution in [0, 0.1) is 0 Å². The first kappa shape index (κ1) is 32.3. The van der Waals surface area contributed by atoms with Gasteiger partial charge in [-0.1, -0.05) is 108 Å². The molecule has 0 saturated carbocycles. The highest BCUT2D eigenvalue weighted by Crippen LogP contribution is 2.31. The minimum atomic E-state index is -2.18. The zero-order valence-corrected chi connectivity index (χ0v) is 31.0. The second kappa shape index (κ2) is 13.1. The average molecular weight is 700 g/mol. The van der Waals surface area contributed by atoms with E-state index in [9.17, 15) is 0 Å². The minimum absolute atomic E-state index is 0.582. The highest BCUT2D eigenvalue weighted by atomic mass is 28.3. The van der Waals surface area contributed by atoms with Crippen molar-refractivity contribution in [2.24, 2.45) is 0 Å². The van der Waals surface area contributed by atoms with Crippen molar-refractivity contribution in [1.29, 1.82) is 0 Å². The van der Waals surface area contributed by atoms with E-state index in [1.807, 2.05) is 67.0 Å². The molecule has 7 nitrogen and oxygen atoms in total. The van der Waals surface area contributed by atoms with Crippen LogP contribution >= 0.6 is 0 Å². The normalized spacial score (nSPS) is 11.9. The van der Waals surface area contributed by atoms with Crippen LogP contribution in [0.5, 0.6) is 23.3 Å². The van der Waals surface area contributed by atoms with Gasteiger partial charge in [0.15, 0.2) is 0 Å². The molecule has 0 N–H and O–H groups in total. The van der Waals surface area contributed by atoms with Crippen LogP contribution in [-0.2, 0) is 0 Å². The van der Waals surface area contributed by atoms with Crippen molar-refractivity contribution < 1.29 is 9.47 Å². The number of rotatable bonds is 9. The fourth-order valence-electron chi connectivity index (χ4n) is 6.70. The first-order valence-electron chi connectivity index (χ1n) is 17.0. The summed E-state index contributed by atoms with van der Waals surface area (Å²) in [7, 11) is -4.35. The Balaban J connectivity index is 1.22. The number of nitrogens with zero attached hydrogens (tertiary/aromatic N) is 5. The molecule has 8 aromatic rings. The van der Waals surface area contributed by atoms with E-state index in [1.165, 1.54) is 31.5 Å². The molecule has 0 bridgehead atoms. The molecule has 0 aliphatic carbocycles. The van der Waals surface area contributed by atoms with Gasteiger partial charge in [-0.2, -0.15) is 0 Å². The molecule has 0 fully saturated rings. The molecule has 0 saturated heterocycles. The minimum Gasteiger partial charge on any atom is -0.439 e. The molecule has 0 aliphatic rings. The van der Waals surface area contributed by atoms with Crippen molar-refractivity contribution in [3.05, 3.63) is 152 Å². The third-order valence-electron chi connectivity index (χ3n) is 9.79. The van der Waals surface area contributed by atoms with Crippen molar-refractivity contribution in [3.63, 3.8) is 0 Å². The Bertz CT molecular complexity index is 2330. The Kier molecular flexibility index (Phi) is 8.29. The van der Waals surface area contributed by atoms with Gasteiger partial charge < -0.3 is 9.47 Å². The number of benzene rings is 4. The van der Waals surface area contributed by atoms with Crippen molar-refractivity contribution in [2.75, 3.05) is 0 Å². The number of hydrogen-bond acceptors (Lipinski definition) is 6. The molecule has 0 atom stereocenters. The lowest BCUT2D eigenvalue weighted by atomic mass is 10.1. The fraction of sp³-hybridized carbons (Fsp3) is 0.0952. The summed E-state index contributed by atoms with van der Waals surface area (Å²) in [6, 6.07) is 44.0. The van der Waals surface area contributed by atoms with Crippen LogP contribution in [0.4, 0.5) is 0 Å². The van der Waals surface area contributed by atoms with Gasteiger partial charge in [0.1, 0.15) is 27.6 Å². The summed E-state index contributed by atoms with van der Waals surface area (Å²) in [4.78, 5) is 18.2. The second-order valence-electron chi connectivity index (χ2n) is 13.7. The molecule has 51 heavy (non-hydrogen) atoms. The Labute approximate surface area is 299 Å². The summed E-state index contributed by atoms with van der Waals surface area (Å²) >= 11 is 0. The van der Waals surface area contributed by atoms with Gasteiger partial charge in [0, 0.05) is 47.7 Å². The van der Waals surface area contributed by atoms with Gasteiger partial charge in [-0.15, -0.1) is 0 Å². The number of pyridine rings is 2. The van der Waals surface area contributed by atoms with E-state index in [1.54, 1.807) is 12.4 Å². The van der Waals surface area contributed by atoms with E-state index in [-0.39, 0.29) is 0 Å². The average Bonchev–Trinajstić information content (AvgIpc) is 3.49. The van der Waals surface area contributed by atoms with Crippen molar-refractivity contribution in [3.8, 4) is 29.2 Å². The zero-order valence-electron chi connectivity index (χ0n) is 29.0. The van der Waals surface area contributed by atoms with Gasteiger partial charge in [-0.25, -0.2) is 19.9 Å². The van der Waals surface area contributed by atoms with Crippen LogP contribution in [0.3, 0.4) is 0 Å². The Morgan fingerprint density at radius 3 is 1.33 bits per heavy atom. The third-order valence-corrected chi connectivity index (χ3v) is 16.8. The predicted octanol–water partition coefficient (Wildman–Crippen LogP) is 7.59. The summed E-state index contributed by atoms with van der Waals surface area (Å²) < 4.78 is 14.5. The van der Waals surface area contributed by atoms with Crippen molar-refractivity contribution in [1.82, 2.24) is 24.5 Å². The van der Waals surface area contributed by atoms with E-state index >= 15 is 0 Å².